The van der Waals surface area contributed by atoms with Crippen LogP contribution in [0.3, 0.4) is 0 Å². The zero-order valence-corrected chi connectivity index (χ0v) is 19.3. The third-order valence-electron chi connectivity index (χ3n) is 6.41. The largest absolute Gasteiger partial charge is 0.495 e. The Labute approximate surface area is 195 Å². The van der Waals surface area contributed by atoms with Crippen molar-refractivity contribution in [3.63, 3.8) is 0 Å². The van der Waals surface area contributed by atoms with Gasteiger partial charge in [-0.3, -0.25) is 0 Å². The summed E-state index contributed by atoms with van der Waals surface area (Å²) in [6.45, 7) is 8.22. The molecule has 0 radical (unpaired) electrons. The highest BCUT2D eigenvalue weighted by molar-refractivity contribution is 6.63. The zero-order valence-electron chi connectivity index (χ0n) is 19.3. The van der Waals surface area contributed by atoms with E-state index in [0.717, 1.165) is 22.2 Å². The molecule has 5 rings (SSSR count). The molecule has 3 aromatic carbocycles. The number of nitrogens with zero attached hydrogens (tertiary/aromatic N) is 3. The van der Waals surface area contributed by atoms with Gasteiger partial charge in [-0.1, -0.05) is 84.9 Å². The topological polar surface area (TPSA) is 57.1 Å². The van der Waals surface area contributed by atoms with Crippen LogP contribution in [0.25, 0.3) is 34.2 Å². The van der Waals surface area contributed by atoms with Crippen molar-refractivity contribution in [2.24, 2.45) is 0 Å². The van der Waals surface area contributed by atoms with Crippen LogP contribution in [0.1, 0.15) is 27.7 Å². The molecule has 6 heteroatoms. The van der Waals surface area contributed by atoms with Gasteiger partial charge in [-0.15, -0.1) is 0 Å². The molecule has 0 aliphatic carbocycles. The van der Waals surface area contributed by atoms with E-state index in [2.05, 4.69) is 27.7 Å². The van der Waals surface area contributed by atoms with E-state index < -0.39 is 18.3 Å². The lowest BCUT2D eigenvalue weighted by atomic mass is 9.75. The Morgan fingerprint density at radius 3 is 1.48 bits per heavy atom. The molecule has 5 nitrogen and oxygen atoms in total. The zero-order chi connectivity index (χ0) is 23.1. The fraction of sp³-hybridized carbons (Fsp3) is 0.222. The minimum atomic E-state index is -0.511. The summed E-state index contributed by atoms with van der Waals surface area (Å²) >= 11 is 0. The van der Waals surface area contributed by atoms with Gasteiger partial charge in [0.1, 0.15) is 0 Å². The van der Waals surface area contributed by atoms with Crippen LogP contribution in [0.15, 0.2) is 84.9 Å². The van der Waals surface area contributed by atoms with Gasteiger partial charge in [0.2, 0.25) is 0 Å². The average molecular weight is 435 g/mol. The Morgan fingerprint density at radius 2 is 0.970 bits per heavy atom. The second-order valence-corrected chi connectivity index (χ2v) is 9.21. The quantitative estimate of drug-likeness (QED) is 0.414. The van der Waals surface area contributed by atoms with Gasteiger partial charge < -0.3 is 9.31 Å². The lowest BCUT2D eigenvalue weighted by Gasteiger charge is -2.32. The molecule has 0 saturated carbocycles. The molecule has 0 N–H and O–H groups in total. The molecule has 0 spiro atoms. The highest BCUT2D eigenvalue weighted by atomic mass is 16.7. The molecular weight excluding hydrogens is 409 g/mol. The second kappa shape index (κ2) is 8.21. The maximum Gasteiger partial charge on any atom is 0.495 e. The van der Waals surface area contributed by atoms with Crippen LogP contribution >= 0.6 is 0 Å². The molecule has 1 saturated heterocycles. The average Bonchev–Trinajstić information content (AvgIpc) is 3.06. The van der Waals surface area contributed by atoms with Gasteiger partial charge in [-0.25, -0.2) is 15.0 Å². The molecular formula is C27H26BN3O2. The second-order valence-electron chi connectivity index (χ2n) is 9.21. The highest BCUT2D eigenvalue weighted by Gasteiger charge is 2.52. The van der Waals surface area contributed by atoms with Crippen LogP contribution in [0.4, 0.5) is 0 Å². The first-order valence-corrected chi connectivity index (χ1v) is 11.2. The third-order valence-corrected chi connectivity index (χ3v) is 6.41. The highest BCUT2D eigenvalue weighted by Crippen LogP contribution is 2.37. The molecule has 4 aromatic rings. The van der Waals surface area contributed by atoms with Gasteiger partial charge in [-0.05, 0) is 33.2 Å². The fourth-order valence-corrected chi connectivity index (χ4v) is 3.81. The van der Waals surface area contributed by atoms with Crippen LogP contribution in [-0.4, -0.2) is 33.3 Å². The van der Waals surface area contributed by atoms with Gasteiger partial charge in [0, 0.05) is 16.7 Å². The molecule has 1 fully saturated rings. The summed E-state index contributed by atoms with van der Waals surface area (Å²) in [7, 11) is -0.511. The summed E-state index contributed by atoms with van der Waals surface area (Å²) in [6, 6.07) is 27.9. The normalized spacial score (nSPS) is 16.7. The molecule has 1 aromatic heterocycles. The lowest BCUT2D eigenvalue weighted by Crippen LogP contribution is -2.41. The number of benzene rings is 3. The first-order chi connectivity index (χ1) is 15.8. The Balaban J connectivity index is 1.66. The van der Waals surface area contributed by atoms with E-state index in [-0.39, 0.29) is 0 Å². The van der Waals surface area contributed by atoms with E-state index in [1.807, 2.05) is 84.9 Å². The predicted octanol–water partition coefficient (Wildman–Crippen LogP) is 5.17. The van der Waals surface area contributed by atoms with Crippen molar-refractivity contribution >= 4 is 12.6 Å². The van der Waals surface area contributed by atoms with Crippen LogP contribution in [0, 0.1) is 0 Å². The smallest absolute Gasteiger partial charge is 0.399 e. The van der Waals surface area contributed by atoms with Gasteiger partial charge >= 0.3 is 7.12 Å². The van der Waals surface area contributed by atoms with Crippen molar-refractivity contribution in [1.82, 2.24) is 15.0 Å². The molecule has 0 atom stereocenters. The van der Waals surface area contributed by atoms with Crippen LogP contribution < -0.4 is 5.46 Å². The number of hydrogen-bond acceptors (Lipinski definition) is 5. The molecule has 0 bridgehead atoms. The minimum absolute atomic E-state index is 0.436. The van der Waals surface area contributed by atoms with Crippen molar-refractivity contribution in [3.05, 3.63) is 84.9 Å². The van der Waals surface area contributed by atoms with Gasteiger partial charge in [0.25, 0.3) is 0 Å². The Hall–Kier alpha value is -3.35. The Bertz CT molecular complexity index is 1200. The number of hydrogen-bond donors (Lipinski definition) is 0. The summed E-state index contributed by atoms with van der Waals surface area (Å²) in [5.74, 6) is 1.85. The molecule has 1 aliphatic heterocycles. The van der Waals surface area contributed by atoms with Crippen molar-refractivity contribution in [3.8, 4) is 34.2 Å². The Morgan fingerprint density at radius 1 is 0.545 bits per heavy atom. The first-order valence-electron chi connectivity index (χ1n) is 11.2. The summed E-state index contributed by atoms with van der Waals surface area (Å²) in [5.41, 5.74) is 2.77. The van der Waals surface area contributed by atoms with Crippen LogP contribution in [0.2, 0.25) is 0 Å². The van der Waals surface area contributed by atoms with Crippen molar-refractivity contribution in [2.75, 3.05) is 0 Å². The van der Waals surface area contributed by atoms with E-state index in [4.69, 9.17) is 24.3 Å². The summed E-state index contributed by atoms with van der Waals surface area (Å²) in [4.78, 5) is 14.5. The van der Waals surface area contributed by atoms with Gasteiger partial charge in [0.15, 0.2) is 17.5 Å². The molecule has 33 heavy (non-hydrogen) atoms. The molecule has 2 heterocycles. The number of aromatic nitrogens is 3. The monoisotopic (exact) mass is 435 g/mol. The van der Waals surface area contributed by atoms with E-state index in [1.54, 1.807) is 0 Å². The fourth-order valence-electron chi connectivity index (χ4n) is 3.81. The molecule has 0 amide bonds. The van der Waals surface area contributed by atoms with E-state index in [0.29, 0.717) is 17.5 Å². The summed E-state index contributed by atoms with van der Waals surface area (Å²) in [6.07, 6.45) is 0. The SMILES string of the molecule is CC1(C)OB(c2ccccc2-c2nc(-c3ccccc3)nc(-c3ccccc3)n2)OC1(C)C. The molecule has 164 valence electrons. The standard InChI is InChI=1S/C27H26BN3O2/c1-26(2)27(3,4)33-28(32-26)22-18-12-11-17-21(22)25-30-23(19-13-7-5-8-14-19)29-24(31-25)20-15-9-6-10-16-20/h5-18H,1-4H3. The minimum Gasteiger partial charge on any atom is -0.399 e. The Kier molecular flexibility index (Phi) is 5.35. The van der Waals surface area contributed by atoms with E-state index >= 15 is 0 Å². The van der Waals surface area contributed by atoms with Crippen LogP contribution in [-0.2, 0) is 9.31 Å². The van der Waals surface area contributed by atoms with Crippen molar-refractivity contribution in [2.45, 2.75) is 38.9 Å². The summed E-state index contributed by atoms with van der Waals surface area (Å²) < 4.78 is 12.7. The molecule has 1 aliphatic rings. The van der Waals surface area contributed by atoms with Crippen molar-refractivity contribution in [1.29, 1.82) is 0 Å². The van der Waals surface area contributed by atoms with E-state index in [9.17, 15) is 0 Å². The predicted molar refractivity (Wildman–Crippen MR) is 132 cm³/mol. The third kappa shape index (κ3) is 4.08. The molecule has 0 unspecified atom stereocenters. The number of rotatable bonds is 4. The maximum atomic E-state index is 6.35. The summed E-state index contributed by atoms with van der Waals surface area (Å²) in [5, 5.41) is 0. The maximum absolute atomic E-state index is 6.35. The first kappa shape index (κ1) is 21.5. The van der Waals surface area contributed by atoms with Crippen molar-refractivity contribution < 1.29 is 9.31 Å². The van der Waals surface area contributed by atoms with Gasteiger partial charge in [0.05, 0.1) is 11.2 Å². The lowest BCUT2D eigenvalue weighted by molar-refractivity contribution is 0.00578. The van der Waals surface area contributed by atoms with Gasteiger partial charge in [-0.2, -0.15) is 0 Å². The van der Waals surface area contributed by atoms with E-state index in [1.165, 1.54) is 0 Å². The van der Waals surface area contributed by atoms with Crippen LogP contribution in [0.5, 0.6) is 0 Å².